The molecule has 0 aliphatic carbocycles. The van der Waals surface area contributed by atoms with E-state index in [9.17, 15) is 14.4 Å². The molecule has 8 nitrogen and oxygen atoms in total. The molecule has 5 rings (SSSR count). The van der Waals surface area contributed by atoms with Crippen molar-refractivity contribution in [3.63, 3.8) is 0 Å². The fourth-order valence-corrected chi connectivity index (χ4v) is 6.08. The Morgan fingerprint density at radius 2 is 1.41 bits per heavy atom. The number of nitrogens with one attached hydrogen (secondary N) is 3. The van der Waals surface area contributed by atoms with Crippen molar-refractivity contribution in [3.8, 4) is 0 Å². The van der Waals surface area contributed by atoms with E-state index in [2.05, 4.69) is 40.0 Å². The number of aromatic nitrogens is 2. The molecule has 0 aliphatic heterocycles. The molecule has 232 valence electrons. The zero-order chi connectivity index (χ0) is 32.5. The Balaban J connectivity index is 1.33. The van der Waals surface area contributed by atoms with Crippen LogP contribution in [-0.2, 0) is 9.59 Å². The molecule has 3 amide bonds. The first-order valence-corrected chi connectivity index (χ1v) is 16.4. The number of anilines is 2. The SMILES string of the molecule is Cc1nnc(NC(=O)C(Sc2ccc(NC(=O)/C(=C/c3ccc(C(C)C)cc3)NC(=O)c3ccccc3)cc2)c2ccccc2)s1. The van der Waals surface area contributed by atoms with Gasteiger partial charge in [-0.25, -0.2) is 0 Å². The molecule has 1 atom stereocenters. The minimum Gasteiger partial charge on any atom is -0.321 e. The minimum atomic E-state index is -0.546. The molecular formula is C36H33N5O3S2. The first-order valence-electron chi connectivity index (χ1n) is 14.7. The van der Waals surface area contributed by atoms with E-state index < -0.39 is 11.2 Å². The minimum absolute atomic E-state index is 0.109. The highest BCUT2D eigenvalue weighted by Crippen LogP contribution is 2.37. The lowest BCUT2D eigenvalue weighted by atomic mass is 10.0. The van der Waals surface area contributed by atoms with E-state index in [1.807, 2.05) is 79.7 Å². The van der Waals surface area contributed by atoms with E-state index >= 15 is 0 Å². The molecule has 1 aromatic heterocycles. The largest absolute Gasteiger partial charge is 0.321 e. The van der Waals surface area contributed by atoms with E-state index in [1.54, 1.807) is 42.5 Å². The number of nitrogens with zero attached hydrogens (tertiary/aromatic N) is 2. The molecule has 0 saturated carbocycles. The number of hydrogen-bond acceptors (Lipinski definition) is 7. The lowest BCUT2D eigenvalue weighted by molar-refractivity contribution is -0.116. The van der Waals surface area contributed by atoms with Crippen molar-refractivity contribution in [2.45, 2.75) is 36.8 Å². The highest BCUT2D eigenvalue weighted by Gasteiger charge is 2.23. The van der Waals surface area contributed by atoms with Gasteiger partial charge < -0.3 is 10.6 Å². The lowest BCUT2D eigenvalue weighted by Gasteiger charge is -2.16. The summed E-state index contributed by atoms with van der Waals surface area (Å²) in [6.45, 7) is 6.06. The van der Waals surface area contributed by atoms with Gasteiger partial charge in [0.1, 0.15) is 16.0 Å². The van der Waals surface area contributed by atoms with Gasteiger partial charge in [0.2, 0.25) is 11.0 Å². The Morgan fingerprint density at radius 3 is 2.02 bits per heavy atom. The standard InChI is InChI=1S/C36H33N5O3S2/c1-23(2)26-16-14-25(15-17-26)22-31(38-33(42)28-12-8-5-9-13-28)34(43)37-29-18-20-30(21-19-29)46-32(27-10-6-4-7-11-27)35(44)39-36-41-40-24(3)45-36/h4-23,32H,1-3H3,(H,37,43)(H,38,42)(H,39,41,44)/b31-22-. The predicted octanol–water partition coefficient (Wildman–Crippen LogP) is 7.85. The number of amides is 3. The third-order valence-corrected chi connectivity index (χ3v) is 8.93. The van der Waals surface area contributed by atoms with Crippen molar-refractivity contribution in [2.75, 3.05) is 10.6 Å². The summed E-state index contributed by atoms with van der Waals surface area (Å²) in [4.78, 5) is 40.7. The zero-order valence-electron chi connectivity index (χ0n) is 25.6. The molecule has 5 aromatic rings. The van der Waals surface area contributed by atoms with Gasteiger partial charge in [0, 0.05) is 16.1 Å². The van der Waals surface area contributed by atoms with Crippen molar-refractivity contribution >= 4 is 57.7 Å². The van der Waals surface area contributed by atoms with Crippen LogP contribution >= 0.6 is 23.1 Å². The third-order valence-electron chi connectivity index (χ3n) is 6.91. The molecule has 46 heavy (non-hydrogen) atoms. The van der Waals surface area contributed by atoms with Crippen molar-refractivity contribution in [2.24, 2.45) is 0 Å². The van der Waals surface area contributed by atoms with Gasteiger partial charge in [0.15, 0.2) is 0 Å². The fourth-order valence-electron chi connectivity index (χ4n) is 4.46. The van der Waals surface area contributed by atoms with E-state index in [0.29, 0.717) is 22.3 Å². The molecule has 0 saturated heterocycles. The monoisotopic (exact) mass is 647 g/mol. The van der Waals surface area contributed by atoms with Crippen LogP contribution in [0.15, 0.2) is 120 Å². The van der Waals surface area contributed by atoms with Crippen LogP contribution in [0, 0.1) is 6.92 Å². The van der Waals surface area contributed by atoms with Crippen LogP contribution in [0.4, 0.5) is 10.8 Å². The molecule has 0 spiro atoms. The lowest BCUT2D eigenvalue weighted by Crippen LogP contribution is -2.30. The van der Waals surface area contributed by atoms with Crippen molar-refractivity contribution in [1.82, 2.24) is 15.5 Å². The van der Waals surface area contributed by atoms with Crippen LogP contribution in [0.1, 0.15) is 57.1 Å². The molecule has 1 unspecified atom stereocenters. The number of rotatable bonds is 11. The summed E-state index contributed by atoms with van der Waals surface area (Å²) in [5, 5.41) is 17.2. The fraction of sp³-hybridized carbons (Fsp3) is 0.139. The predicted molar refractivity (Wildman–Crippen MR) is 186 cm³/mol. The van der Waals surface area contributed by atoms with Crippen molar-refractivity contribution in [3.05, 3.63) is 142 Å². The number of aryl methyl sites for hydroxylation is 1. The Bertz CT molecular complexity index is 1820. The summed E-state index contributed by atoms with van der Waals surface area (Å²) < 4.78 is 0. The van der Waals surface area contributed by atoms with E-state index in [4.69, 9.17) is 0 Å². The average Bonchev–Trinajstić information content (AvgIpc) is 3.48. The molecule has 0 radical (unpaired) electrons. The summed E-state index contributed by atoms with van der Waals surface area (Å²) in [7, 11) is 0. The molecule has 0 bridgehead atoms. The molecule has 4 aromatic carbocycles. The van der Waals surface area contributed by atoms with Crippen LogP contribution in [0.3, 0.4) is 0 Å². The Kier molecular flexibility index (Phi) is 10.7. The smallest absolute Gasteiger partial charge is 0.272 e. The molecule has 10 heteroatoms. The topological polar surface area (TPSA) is 113 Å². The summed E-state index contributed by atoms with van der Waals surface area (Å²) in [5.41, 5.74) is 3.89. The Morgan fingerprint density at radius 1 is 0.761 bits per heavy atom. The summed E-state index contributed by atoms with van der Waals surface area (Å²) >= 11 is 2.70. The maximum atomic E-state index is 13.5. The van der Waals surface area contributed by atoms with E-state index in [1.165, 1.54) is 28.7 Å². The van der Waals surface area contributed by atoms with Crippen LogP contribution in [0.25, 0.3) is 6.08 Å². The third kappa shape index (κ3) is 8.77. The molecule has 1 heterocycles. The first-order chi connectivity index (χ1) is 22.2. The zero-order valence-corrected chi connectivity index (χ0v) is 27.2. The molecule has 0 aliphatic rings. The second kappa shape index (κ2) is 15.3. The van der Waals surface area contributed by atoms with Gasteiger partial charge in [0.05, 0.1) is 0 Å². The number of hydrogen-bond donors (Lipinski definition) is 3. The van der Waals surface area contributed by atoms with Crippen LogP contribution in [-0.4, -0.2) is 27.9 Å². The highest BCUT2D eigenvalue weighted by atomic mass is 32.2. The normalized spacial score (nSPS) is 12.0. The molecule has 3 N–H and O–H groups in total. The number of benzene rings is 4. The summed E-state index contributed by atoms with van der Waals surface area (Å²) in [5.74, 6) is -0.695. The first kappa shape index (κ1) is 32.3. The number of carbonyl (C=O) groups excluding carboxylic acids is 3. The number of thioether (sulfide) groups is 1. The van der Waals surface area contributed by atoms with Gasteiger partial charge in [-0.15, -0.1) is 22.0 Å². The second-order valence-corrected chi connectivity index (χ2v) is 13.1. The Hall–Kier alpha value is -5.06. The Labute approximate surface area is 276 Å². The van der Waals surface area contributed by atoms with Gasteiger partial charge in [-0.05, 0) is 72.0 Å². The number of carbonyl (C=O) groups is 3. The maximum Gasteiger partial charge on any atom is 0.272 e. The van der Waals surface area contributed by atoms with Crippen molar-refractivity contribution < 1.29 is 14.4 Å². The van der Waals surface area contributed by atoms with Crippen LogP contribution in [0.2, 0.25) is 0 Å². The van der Waals surface area contributed by atoms with Crippen molar-refractivity contribution in [1.29, 1.82) is 0 Å². The van der Waals surface area contributed by atoms with Crippen LogP contribution in [0.5, 0.6) is 0 Å². The van der Waals surface area contributed by atoms with Gasteiger partial charge in [0.25, 0.3) is 11.8 Å². The summed E-state index contributed by atoms with van der Waals surface area (Å²) in [6.07, 6.45) is 1.66. The summed E-state index contributed by atoms with van der Waals surface area (Å²) in [6, 6.07) is 33.3. The molecular weight excluding hydrogens is 615 g/mol. The van der Waals surface area contributed by atoms with E-state index in [0.717, 1.165) is 21.0 Å². The van der Waals surface area contributed by atoms with Gasteiger partial charge >= 0.3 is 0 Å². The highest BCUT2D eigenvalue weighted by molar-refractivity contribution is 8.00. The maximum absolute atomic E-state index is 13.5. The van der Waals surface area contributed by atoms with Gasteiger partial charge in [-0.3, -0.25) is 19.7 Å². The average molecular weight is 648 g/mol. The second-order valence-electron chi connectivity index (χ2n) is 10.7. The van der Waals surface area contributed by atoms with E-state index in [-0.39, 0.29) is 17.5 Å². The van der Waals surface area contributed by atoms with Gasteiger partial charge in [-0.1, -0.05) is 98.0 Å². The molecule has 0 fully saturated rings. The van der Waals surface area contributed by atoms with Gasteiger partial charge in [-0.2, -0.15) is 0 Å². The van der Waals surface area contributed by atoms with Crippen LogP contribution < -0.4 is 16.0 Å². The quantitative estimate of drug-likeness (QED) is 0.0994.